The molecule has 2 amide bonds. The second kappa shape index (κ2) is 8.35. The molecule has 1 aromatic carbocycles. The molecular weight excluding hydrogens is 354 g/mol. The third-order valence-electron chi connectivity index (χ3n) is 5.80. The van der Waals surface area contributed by atoms with E-state index < -0.39 is 12.0 Å². The molecule has 1 unspecified atom stereocenters. The molecule has 0 aromatic heterocycles. The Morgan fingerprint density at radius 3 is 2.50 bits per heavy atom. The SMILES string of the molecule is COC(=O)C1=C(C[NH+]2C[C@H](C)C[C@H](C)C2)NC(=O)N[C@@H]1c1ccc(C)cc1C. The lowest BCUT2D eigenvalue weighted by molar-refractivity contribution is -0.907. The van der Waals surface area contributed by atoms with E-state index in [-0.39, 0.29) is 6.03 Å². The van der Waals surface area contributed by atoms with Gasteiger partial charge in [-0.05, 0) is 31.4 Å². The summed E-state index contributed by atoms with van der Waals surface area (Å²) in [5, 5.41) is 5.82. The molecule has 6 nitrogen and oxygen atoms in total. The maximum atomic E-state index is 12.7. The molecule has 3 rings (SSSR count). The van der Waals surface area contributed by atoms with Gasteiger partial charge in [-0.1, -0.05) is 37.6 Å². The zero-order valence-corrected chi connectivity index (χ0v) is 17.5. The van der Waals surface area contributed by atoms with Crippen LogP contribution in [0, 0.1) is 25.7 Å². The van der Waals surface area contributed by atoms with E-state index >= 15 is 0 Å². The van der Waals surface area contributed by atoms with Crippen molar-refractivity contribution >= 4 is 12.0 Å². The van der Waals surface area contributed by atoms with Crippen molar-refractivity contribution in [2.75, 3.05) is 26.7 Å². The van der Waals surface area contributed by atoms with Crippen LogP contribution in [0.1, 0.15) is 43.0 Å². The van der Waals surface area contributed by atoms with Crippen LogP contribution in [0.15, 0.2) is 29.5 Å². The lowest BCUT2D eigenvalue weighted by Crippen LogP contribution is -3.14. The van der Waals surface area contributed by atoms with Gasteiger partial charge in [0.25, 0.3) is 0 Å². The summed E-state index contributed by atoms with van der Waals surface area (Å²) in [6, 6.07) is 5.28. The Labute approximate surface area is 167 Å². The molecule has 2 aliphatic rings. The number of hydrogen-bond donors (Lipinski definition) is 3. The Bertz CT molecular complexity index is 792. The lowest BCUT2D eigenvalue weighted by atomic mass is 9.89. The van der Waals surface area contributed by atoms with Gasteiger partial charge in [0, 0.05) is 11.8 Å². The molecule has 1 saturated heterocycles. The van der Waals surface area contributed by atoms with Crippen LogP contribution in [0.4, 0.5) is 4.79 Å². The number of hydrogen-bond acceptors (Lipinski definition) is 3. The highest BCUT2D eigenvalue weighted by atomic mass is 16.5. The van der Waals surface area contributed by atoms with Crippen LogP contribution in [0.5, 0.6) is 0 Å². The molecule has 28 heavy (non-hydrogen) atoms. The third kappa shape index (κ3) is 4.38. The number of piperidine rings is 1. The van der Waals surface area contributed by atoms with Crippen LogP contribution >= 0.6 is 0 Å². The normalized spacial score (nSPS) is 27.8. The van der Waals surface area contributed by atoms with Gasteiger partial charge in [0.15, 0.2) is 0 Å². The van der Waals surface area contributed by atoms with Crippen molar-refractivity contribution < 1.29 is 19.2 Å². The zero-order valence-electron chi connectivity index (χ0n) is 17.5. The van der Waals surface area contributed by atoms with Gasteiger partial charge in [-0.3, -0.25) is 0 Å². The molecule has 0 aliphatic carbocycles. The van der Waals surface area contributed by atoms with E-state index in [1.54, 1.807) is 0 Å². The van der Waals surface area contributed by atoms with E-state index in [1.165, 1.54) is 18.4 Å². The number of likely N-dealkylation sites (tertiary alicyclic amines) is 1. The van der Waals surface area contributed by atoms with E-state index in [4.69, 9.17) is 4.74 Å². The predicted octanol–water partition coefficient (Wildman–Crippen LogP) is 1.65. The summed E-state index contributed by atoms with van der Waals surface area (Å²) in [6.45, 7) is 11.3. The number of aryl methyl sites for hydroxylation is 2. The summed E-state index contributed by atoms with van der Waals surface area (Å²) < 4.78 is 5.10. The monoisotopic (exact) mass is 386 g/mol. The summed E-state index contributed by atoms with van der Waals surface area (Å²) in [4.78, 5) is 26.6. The molecule has 3 N–H and O–H groups in total. The van der Waals surface area contributed by atoms with Crippen molar-refractivity contribution in [1.82, 2.24) is 10.6 Å². The molecule has 4 atom stereocenters. The molecule has 1 aromatic rings. The maximum absolute atomic E-state index is 12.7. The highest BCUT2D eigenvalue weighted by Gasteiger charge is 2.36. The number of nitrogens with one attached hydrogen (secondary N) is 3. The molecule has 2 heterocycles. The third-order valence-corrected chi connectivity index (χ3v) is 5.80. The number of urea groups is 1. The summed E-state index contributed by atoms with van der Waals surface area (Å²) in [6.07, 6.45) is 1.23. The number of carbonyl (C=O) groups excluding carboxylic acids is 2. The Hall–Kier alpha value is -2.34. The number of benzene rings is 1. The van der Waals surface area contributed by atoms with Gasteiger partial charge in [-0.25, -0.2) is 9.59 Å². The molecule has 0 saturated carbocycles. The number of rotatable bonds is 4. The number of esters is 1. The Morgan fingerprint density at radius 1 is 1.21 bits per heavy atom. The first-order valence-electron chi connectivity index (χ1n) is 10.1. The molecule has 6 heteroatoms. The summed E-state index contributed by atoms with van der Waals surface area (Å²) in [5.74, 6) is 0.868. The molecule has 2 aliphatic heterocycles. The zero-order chi connectivity index (χ0) is 20.4. The van der Waals surface area contributed by atoms with Crippen LogP contribution in [0.2, 0.25) is 0 Å². The molecular formula is C22H32N3O3+. The highest BCUT2D eigenvalue weighted by molar-refractivity contribution is 5.95. The van der Waals surface area contributed by atoms with Crippen molar-refractivity contribution in [2.24, 2.45) is 11.8 Å². The van der Waals surface area contributed by atoms with Crippen LogP contribution in [-0.4, -0.2) is 38.7 Å². The van der Waals surface area contributed by atoms with E-state index in [0.29, 0.717) is 29.7 Å². The minimum Gasteiger partial charge on any atom is -0.466 e. The number of amides is 2. The lowest BCUT2D eigenvalue weighted by Gasteiger charge is -2.35. The van der Waals surface area contributed by atoms with E-state index in [1.807, 2.05) is 26.0 Å². The quantitative estimate of drug-likeness (QED) is 0.689. The maximum Gasteiger partial charge on any atom is 0.338 e. The molecule has 0 spiro atoms. The summed E-state index contributed by atoms with van der Waals surface area (Å²) in [5.41, 5.74) is 4.30. The van der Waals surface area contributed by atoms with E-state index in [9.17, 15) is 9.59 Å². The fourth-order valence-electron chi connectivity index (χ4n) is 4.81. The van der Waals surface area contributed by atoms with E-state index in [2.05, 4.69) is 30.5 Å². The van der Waals surface area contributed by atoms with Crippen molar-refractivity contribution in [3.63, 3.8) is 0 Å². The van der Waals surface area contributed by atoms with Crippen LogP contribution in [-0.2, 0) is 9.53 Å². The smallest absolute Gasteiger partial charge is 0.338 e. The van der Waals surface area contributed by atoms with Gasteiger partial charge in [0.05, 0.1) is 37.5 Å². The highest BCUT2D eigenvalue weighted by Crippen LogP contribution is 2.30. The van der Waals surface area contributed by atoms with Crippen molar-refractivity contribution in [3.8, 4) is 0 Å². The fourth-order valence-corrected chi connectivity index (χ4v) is 4.81. The first-order chi connectivity index (χ1) is 13.3. The van der Waals surface area contributed by atoms with Gasteiger partial charge in [-0.2, -0.15) is 0 Å². The Kier molecular flexibility index (Phi) is 6.08. The second-order valence-electron chi connectivity index (χ2n) is 8.56. The first-order valence-corrected chi connectivity index (χ1v) is 10.1. The summed E-state index contributed by atoms with van der Waals surface area (Å²) in [7, 11) is 1.39. The Morgan fingerprint density at radius 2 is 1.89 bits per heavy atom. The van der Waals surface area contributed by atoms with Gasteiger partial charge < -0.3 is 20.3 Å². The minimum absolute atomic E-state index is 0.273. The second-order valence-corrected chi connectivity index (χ2v) is 8.56. The Balaban J connectivity index is 2.00. The number of quaternary nitrogens is 1. The summed E-state index contributed by atoms with van der Waals surface area (Å²) >= 11 is 0. The van der Waals surface area contributed by atoms with Gasteiger partial charge >= 0.3 is 12.0 Å². The average Bonchev–Trinajstić information content (AvgIpc) is 2.59. The largest absolute Gasteiger partial charge is 0.466 e. The van der Waals surface area contributed by atoms with Gasteiger partial charge in [-0.15, -0.1) is 0 Å². The number of carbonyl (C=O) groups is 2. The standard InChI is InChI=1S/C22H31N3O3/c1-13-6-7-17(16(4)9-13)20-19(21(26)28-5)18(23-22(27)24-20)12-25-10-14(2)8-15(3)11-25/h6-7,9,14-15,20H,8,10-12H2,1-5H3,(H2,23,24,27)/p+1/t14-,15+,20-/m1/s1. The van der Waals surface area contributed by atoms with Crippen molar-refractivity contribution in [1.29, 1.82) is 0 Å². The van der Waals surface area contributed by atoms with Crippen LogP contribution in [0.25, 0.3) is 0 Å². The van der Waals surface area contributed by atoms with Crippen LogP contribution < -0.4 is 15.5 Å². The molecule has 0 radical (unpaired) electrons. The number of methoxy groups -OCH3 is 1. The first kappa shape index (κ1) is 20.4. The van der Waals surface area contributed by atoms with Crippen molar-refractivity contribution in [2.45, 2.75) is 40.2 Å². The topological polar surface area (TPSA) is 71.9 Å². The minimum atomic E-state index is -0.504. The molecule has 1 fully saturated rings. The number of ether oxygens (including phenoxy) is 1. The molecule has 152 valence electrons. The molecule has 0 bridgehead atoms. The average molecular weight is 387 g/mol. The van der Waals surface area contributed by atoms with Gasteiger partial charge in [0.2, 0.25) is 0 Å². The fraction of sp³-hybridized carbons (Fsp3) is 0.545. The van der Waals surface area contributed by atoms with Crippen LogP contribution in [0.3, 0.4) is 0 Å². The predicted molar refractivity (Wildman–Crippen MR) is 108 cm³/mol. The van der Waals surface area contributed by atoms with E-state index in [0.717, 1.165) is 29.8 Å². The van der Waals surface area contributed by atoms with Crippen molar-refractivity contribution in [3.05, 3.63) is 46.2 Å². The van der Waals surface area contributed by atoms with Gasteiger partial charge in [0.1, 0.15) is 6.54 Å².